The van der Waals surface area contributed by atoms with Crippen molar-refractivity contribution in [1.29, 1.82) is 0 Å². The number of aryl methyl sites for hydroxylation is 2. The minimum atomic E-state index is 0.0202. The predicted octanol–water partition coefficient (Wildman–Crippen LogP) is 1.68. The average molecular weight is 263 g/mol. The summed E-state index contributed by atoms with van der Waals surface area (Å²) in [5.41, 5.74) is 1.99. The Bertz CT molecular complexity index is 438. The van der Waals surface area contributed by atoms with Crippen LogP contribution in [0.5, 0.6) is 0 Å². The summed E-state index contributed by atoms with van der Waals surface area (Å²) in [4.78, 5) is 11.4. The molecule has 5 heteroatoms. The van der Waals surface area contributed by atoms with Crippen LogP contribution in [-0.4, -0.2) is 42.6 Å². The Balaban J connectivity index is 1.64. The molecule has 3 rings (SSSR count). The molecule has 2 aliphatic heterocycles. The van der Waals surface area contributed by atoms with Crippen LogP contribution in [0.15, 0.2) is 6.20 Å². The van der Waals surface area contributed by atoms with Gasteiger partial charge in [0.1, 0.15) is 5.82 Å². The molecule has 5 nitrogen and oxygen atoms in total. The van der Waals surface area contributed by atoms with Gasteiger partial charge in [-0.25, -0.2) is 4.98 Å². The number of hydrogen-bond donors (Lipinski definition) is 0. The van der Waals surface area contributed by atoms with Crippen LogP contribution in [-0.2, 0) is 9.47 Å². The molecule has 1 aromatic heterocycles. The first-order valence-corrected chi connectivity index (χ1v) is 7.02. The number of aromatic nitrogens is 2. The van der Waals surface area contributed by atoms with E-state index in [0.717, 1.165) is 56.4 Å². The first kappa shape index (κ1) is 12.8. The molecule has 0 bridgehead atoms. The summed E-state index contributed by atoms with van der Waals surface area (Å²) < 4.78 is 11.2. The predicted molar refractivity (Wildman–Crippen MR) is 72.1 cm³/mol. The number of ether oxygens (including phenoxy) is 2. The molecule has 2 aliphatic rings. The van der Waals surface area contributed by atoms with Crippen LogP contribution in [0.4, 0.5) is 5.82 Å². The van der Waals surface area contributed by atoms with Crippen molar-refractivity contribution in [2.24, 2.45) is 5.92 Å². The van der Waals surface area contributed by atoms with Gasteiger partial charge in [-0.1, -0.05) is 0 Å². The Hall–Kier alpha value is -1.20. The van der Waals surface area contributed by atoms with Crippen molar-refractivity contribution in [1.82, 2.24) is 9.97 Å². The van der Waals surface area contributed by atoms with E-state index < -0.39 is 0 Å². The van der Waals surface area contributed by atoms with E-state index in [9.17, 15) is 0 Å². The molecule has 2 fully saturated rings. The second-order valence-corrected chi connectivity index (χ2v) is 5.35. The van der Waals surface area contributed by atoms with Gasteiger partial charge >= 0.3 is 0 Å². The normalized spacial score (nSPS) is 22.1. The highest BCUT2D eigenvalue weighted by molar-refractivity contribution is 5.43. The summed E-state index contributed by atoms with van der Waals surface area (Å²) in [5, 5.41) is 0. The van der Waals surface area contributed by atoms with Crippen LogP contribution < -0.4 is 4.90 Å². The molecule has 0 saturated carbocycles. The molecule has 0 N–H and O–H groups in total. The first-order chi connectivity index (χ1) is 9.24. The van der Waals surface area contributed by atoms with E-state index >= 15 is 0 Å². The summed E-state index contributed by atoms with van der Waals surface area (Å²) in [6.07, 6.45) is 4.04. The van der Waals surface area contributed by atoms with Crippen LogP contribution in [0.3, 0.4) is 0 Å². The minimum absolute atomic E-state index is 0.0202. The highest BCUT2D eigenvalue weighted by Gasteiger charge is 2.31. The zero-order valence-electron chi connectivity index (χ0n) is 11.6. The zero-order chi connectivity index (χ0) is 13.2. The van der Waals surface area contributed by atoms with Crippen molar-refractivity contribution >= 4 is 5.82 Å². The van der Waals surface area contributed by atoms with E-state index in [-0.39, 0.29) is 6.29 Å². The van der Waals surface area contributed by atoms with E-state index in [2.05, 4.69) is 14.9 Å². The van der Waals surface area contributed by atoms with Gasteiger partial charge in [0, 0.05) is 25.2 Å². The van der Waals surface area contributed by atoms with Crippen molar-refractivity contribution < 1.29 is 9.47 Å². The fraction of sp³-hybridized carbons (Fsp3) is 0.714. The van der Waals surface area contributed by atoms with E-state index in [1.54, 1.807) is 0 Å². The maximum Gasteiger partial charge on any atom is 0.160 e. The number of piperidine rings is 1. The van der Waals surface area contributed by atoms with Crippen molar-refractivity contribution in [3.05, 3.63) is 17.6 Å². The van der Waals surface area contributed by atoms with Gasteiger partial charge in [0.25, 0.3) is 0 Å². The largest absolute Gasteiger partial charge is 0.355 e. The molecular formula is C14H21N3O2. The molecule has 19 heavy (non-hydrogen) atoms. The van der Waals surface area contributed by atoms with Gasteiger partial charge in [-0.2, -0.15) is 0 Å². The molecule has 0 spiro atoms. The fourth-order valence-electron chi connectivity index (χ4n) is 2.86. The summed E-state index contributed by atoms with van der Waals surface area (Å²) in [5.74, 6) is 1.56. The molecule has 0 amide bonds. The lowest BCUT2D eigenvalue weighted by Gasteiger charge is -2.35. The Morgan fingerprint density at radius 3 is 2.53 bits per heavy atom. The third-order valence-electron chi connectivity index (χ3n) is 3.92. The molecule has 3 heterocycles. The number of nitrogens with zero attached hydrogens (tertiary/aromatic N) is 3. The monoisotopic (exact) mass is 263 g/mol. The van der Waals surface area contributed by atoms with E-state index in [4.69, 9.17) is 9.47 Å². The van der Waals surface area contributed by atoms with Gasteiger partial charge in [-0.3, -0.25) is 4.98 Å². The molecular weight excluding hydrogens is 242 g/mol. The average Bonchev–Trinajstić information content (AvgIpc) is 2.96. The summed E-state index contributed by atoms with van der Waals surface area (Å²) in [6.45, 7) is 7.51. The fourth-order valence-corrected chi connectivity index (χ4v) is 2.86. The third-order valence-corrected chi connectivity index (χ3v) is 3.92. The zero-order valence-corrected chi connectivity index (χ0v) is 11.6. The topological polar surface area (TPSA) is 47.5 Å². The van der Waals surface area contributed by atoms with Crippen LogP contribution >= 0.6 is 0 Å². The summed E-state index contributed by atoms with van der Waals surface area (Å²) in [6, 6.07) is 0. The van der Waals surface area contributed by atoms with Gasteiger partial charge in [0.15, 0.2) is 6.29 Å². The second-order valence-electron chi connectivity index (χ2n) is 5.35. The molecule has 0 aliphatic carbocycles. The van der Waals surface area contributed by atoms with Gasteiger partial charge in [-0.05, 0) is 26.7 Å². The number of hydrogen-bond acceptors (Lipinski definition) is 5. The lowest BCUT2D eigenvalue weighted by atomic mass is 9.96. The molecule has 0 radical (unpaired) electrons. The van der Waals surface area contributed by atoms with Crippen LogP contribution in [0.2, 0.25) is 0 Å². The van der Waals surface area contributed by atoms with Crippen molar-refractivity contribution in [2.75, 3.05) is 31.2 Å². The minimum Gasteiger partial charge on any atom is -0.355 e. The number of rotatable bonds is 2. The van der Waals surface area contributed by atoms with Crippen molar-refractivity contribution in [2.45, 2.75) is 33.0 Å². The van der Waals surface area contributed by atoms with Gasteiger partial charge in [0.2, 0.25) is 0 Å². The van der Waals surface area contributed by atoms with Crippen LogP contribution in [0.25, 0.3) is 0 Å². The highest BCUT2D eigenvalue weighted by atomic mass is 16.7. The van der Waals surface area contributed by atoms with E-state index in [1.807, 2.05) is 20.0 Å². The second kappa shape index (κ2) is 5.43. The maximum atomic E-state index is 5.61. The Kier molecular flexibility index (Phi) is 3.66. The lowest BCUT2D eigenvalue weighted by Crippen LogP contribution is -2.39. The summed E-state index contributed by atoms with van der Waals surface area (Å²) in [7, 11) is 0. The molecule has 2 saturated heterocycles. The Morgan fingerprint density at radius 2 is 1.84 bits per heavy atom. The van der Waals surface area contributed by atoms with E-state index in [1.165, 1.54) is 0 Å². The van der Waals surface area contributed by atoms with Crippen molar-refractivity contribution in [3.63, 3.8) is 0 Å². The van der Waals surface area contributed by atoms with Crippen molar-refractivity contribution in [3.8, 4) is 0 Å². The SMILES string of the molecule is Cc1cnc(C)c(N2CCC(C3OCCO3)CC2)n1. The lowest BCUT2D eigenvalue weighted by molar-refractivity contribution is -0.0889. The Morgan fingerprint density at radius 1 is 1.16 bits per heavy atom. The number of anilines is 1. The summed E-state index contributed by atoms with van der Waals surface area (Å²) >= 11 is 0. The molecule has 0 unspecified atom stereocenters. The third kappa shape index (κ3) is 2.72. The maximum absolute atomic E-state index is 5.61. The molecule has 0 atom stereocenters. The highest BCUT2D eigenvalue weighted by Crippen LogP contribution is 2.28. The first-order valence-electron chi connectivity index (χ1n) is 7.02. The van der Waals surface area contributed by atoms with Crippen LogP contribution in [0, 0.1) is 19.8 Å². The van der Waals surface area contributed by atoms with Gasteiger partial charge in [-0.15, -0.1) is 0 Å². The molecule has 104 valence electrons. The molecule has 0 aromatic carbocycles. The Labute approximate surface area is 113 Å². The molecule has 1 aromatic rings. The quantitative estimate of drug-likeness (QED) is 0.812. The van der Waals surface area contributed by atoms with Gasteiger partial charge in [0.05, 0.1) is 24.6 Å². The van der Waals surface area contributed by atoms with E-state index in [0.29, 0.717) is 5.92 Å². The van der Waals surface area contributed by atoms with Crippen LogP contribution in [0.1, 0.15) is 24.2 Å². The standard InChI is InChI=1S/C14H21N3O2/c1-10-9-15-11(2)13(16-10)17-5-3-12(4-6-17)14-18-7-8-19-14/h9,12,14H,3-8H2,1-2H3. The van der Waals surface area contributed by atoms with Gasteiger partial charge < -0.3 is 14.4 Å². The smallest absolute Gasteiger partial charge is 0.160 e.